The lowest BCUT2D eigenvalue weighted by atomic mass is 9.95. The highest BCUT2D eigenvalue weighted by Crippen LogP contribution is 2.59. The number of benzene rings is 1. The number of hydrogen-bond donors (Lipinski definition) is 2. The summed E-state index contributed by atoms with van der Waals surface area (Å²) in [5.41, 5.74) is 7.20. The molecule has 1 aliphatic carbocycles. The second-order valence-electron chi connectivity index (χ2n) is 11.2. The number of hydrogen-bond acceptors (Lipinski definition) is 5. The average molecular weight is 495 g/mol. The second-order valence-corrected chi connectivity index (χ2v) is 11.7. The molecular weight excluding hydrogens is 460 g/mol. The van der Waals surface area contributed by atoms with Crippen molar-refractivity contribution < 1.29 is 4.79 Å². The van der Waals surface area contributed by atoms with E-state index in [1.165, 1.54) is 11.3 Å². The summed E-state index contributed by atoms with van der Waals surface area (Å²) in [7, 11) is 0. The van der Waals surface area contributed by atoms with Crippen molar-refractivity contribution in [1.29, 1.82) is 0 Å². The Morgan fingerprint density at radius 2 is 2.11 bits per heavy atom. The van der Waals surface area contributed by atoms with Crippen LogP contribution >= 0.6 is 11.6 Å². The highest BCUT2D eigenvalue weighted by Gasteiger charge is 2.71. The maximum Gasteiger partial charge on any atom is 0.317 e. The van der Waals surface area contributed by atoms with Crippen LogP contribution in [0.1, 0.15) is 38.7 Å². The number of fused-ring (bicyclic) bond motifs is 1. The van der Waals surface area contributed by atoms with Gasteiger partial charge in [0.1, 0.15) is 0 Å². The van der Waals surface area contributed by atoms with E-state index in [1.54, 1.807) is 0 Å². The standard InChI is InChI=1S/C27H35ClN6O/c1-17-11-21(15-33(13-17)14-20-5-3-4-6-23(20)28)30-26(35)34-10-8-27-22(16-34)24(27)25(31-32-27)19-7-9-29-18(2)12-19/h3-7,9,17-18,21-22,24,32H,8,10-16H2,1-2H3,(H,30,35). The molecule has 1 saturated carbocycles. The van der Waals surface area contributed by atoms with Gasteiger partial charge in [-0.25, -0.2) is 4.79 Å². The summed E-state index contributed by atoms with van der Waals surface area (Å²) < 4.78 is 0. The Balaban J connectivity index is 1.06. The Morgan fingerprint density at radius 3 is 2.94 bits per heavy atom. The van der Waals surface area contributed by atoms with Crippen LogP contribution in [-0.4, -0.2) is 71.6 Å². The fraction of sp³-hybridized carbons (Fsp3) is 0.593. The summed E-state index contributed by atoms with van der Waals surface area (Å²) in [5.74, 6) is 1.40. The Morgan fingerprint density at radius 1 is 1.26 bits per heavy atom. The van der Waals surface area contributed by atoms with Gasteiger partial charge in [-0.15, -0.1) is 0 Å². The quantitative estimate of drug-likeness (QED) is 0.670. The van der Waals surface area contributed by atoms with Gasteiger partial charge in [0.05, 0.1) is 17.3 Å². The van der Waals surface area contributed by atoms with Crippen molar-refractivity contribution >= 4 is 29.6 Å². The molecule has 3 fully saturated rings. The number of nitrogens with zero attached hydrogens (tertiary/aromatic N) is 4. The van der Waals surface area contributed by atoms with E-state index in [4.69, 9.17) is 16.7 Å². The predicted octanol–water partition coefficient (Wildman–Crippen LogP) is 3.70. The van der Waals surface area contributed by atoms with Crippen molar-refractivity contribution in [2.75, 3.05) is 26.2 Å². The van der Waals surface area contributed by atoms with E-state index in [0.717, 1.165) is 62.6 Å². The van der Waals surface area contributed by atoms with E-state index >= 15 is 0 Å². The van der Waals surface area contributed by atoms with Crippen LogP contribution < -0.4 is 10.7 Å². The number of rotatable bonds is 4. The minimum atomic E-state index is 0.0654. The molecule has 1 spiro atoms. The first-order chi connectivity index (χ1) is 16.9. The van der Waals surface area contributed by atoms with Crippen LogP contribution in [0.5, 0.6) is 0 Å². The Hall–Kier alpha value is -2.38. The van der Waals surface area contributed by atoms with Gasteiger partial charge in [0.25, 0.3) is 0 Å². The maximum atomic E-state index is 13.3. The van der Waals surface area contributed by atoms with Gasteiger partial charge in [0, 0.05) is 61.8 Å². The van der Waals surface area contributed by atoms with E-state index < -0.39 is 0 Å². The topological polar surface area (TPSA) is 72.3 Å². The molecule has 2 N–H and O–H groups in total. The molecular formula is C27H35ClN6O. The third-order valence-electron chi connectivity index (χ3n) is 8.56. The van der Waals surface area contributed by atoms with E-state index in [1.807, 2.05) is 29.3 Å². The maximum absolute atomic E-state index is 13.3. The summed E-state index contributed by atoms with van der Waals surface area (Å²) in [4.78, 5) is 22.2. The van der Waals surface area contributed by atoms with Crippen LogP contribution in [0.25, 0.3) is 0 Å². The van der Waals surface area contributed by atoms with Crippen LogP contribution in [0, 0.1) is 17.8 Å². The number of carbonyl (C=O) groups excluding carboxylic acids is 1. The number of likely N-dealkylation sites (tertiary alicyclic amines) is 2. The molecule has 5 aliphatic rings. The monoisotopic (exact) mass is 494 g/mol. The molecule has 7 nitrogen and oxygen atoms in total. The van der Waals surface area contributed by atoms with Crippen LogP contribution in [0.3, 0.4) is 0 Å². The van der Waals surface area contributed by atoms with Crippen LogP contribution in [0.2, 0.25) is 5.02 Å². The van der Waals surface area contributed by atoms with E-state index in [-0.39, 0.29) is 17.6 Å². The molecule has 6 unspecified atom stereocenters. The molecule has 0 radical (unpaired) electrons. The minimum Gasteiger partial charge on any atom is -0.334 e. The fourth-order valence-corrected chi connectivity index (χ4v) is 7.04. The first kappa shape index (κ1) is 23.0. The molecule has 2 amide bonds. The van der Waals surface area contributed by atoms with Gasteiger partial charge in [-0.05, 0) is 55.4 Å². The number of piperidine rings is 2. The van der Waals surface area contributed by atoms with E-state index in [9.17, 15) is 4.79 Å². The molecule has 4 heterocycles. The zero-order valence-electron chi connectivity index (χ0n) is 20.6. The first-order valence-corrected chi connectivity index (χ1v) is 13.4. The summed E-state index contributed by atoms with van der Waals surface area (Å²) in [6.45, 7) is 8.70. The molecule has 2 saturated heterocycles. The van der Waals surface area contributed by atoms with Gasteiger partial charge >= 0.3 is 6.03 Å². The smallest absolute Gasteiger partial charge is 0.317 e. The number of halogens is 1. The van der Waals surface area contributed by atoms with Crippen molar-refractivity contribution in [2.24, 2.45) is 27.8 Å². The molecule has 35 heavy (non-hydrogen) atoms. The fourth-order valence-electron chi connectivity index (χ4n) is 6.85. The number of allylic oxidation sites excluding steroid dienone is 1. The summed E-state index contributed by atoms with van der Waals surface area (Å²) >= 11 is 6.40. The zero-order valence-corrected chi connectivity index (χ0v) is 21.3. The third kappa shape index (κ3) is 4.27. The van der Waals surface area contributed by atoms with Crippen molar-refractivity contribution in [3.63, 3.8) is 0 Å². The number of dihydropyridines is 1. The van der Waals surface area contributed by atoms with Crippen LogP contribution in [0.15, 0.2) is 46.0 Å². The van der Waals surface area contributed by atoms with Gasteiger partial charge in [-0.2, -0.15) is 5.10 Å². The molecule has 1 aromatic rings. The summed E-state index contributed by atoms with van der Waals surface area (Å²) in [6.07, 6.45) is 6.96. The summed E-state index contributed by atoms with van der Waals surface area (Å²) in [5, 5.41) is 8.90. The number of hydrazone groups is 1. The minimum absolute atomic E-state index is 0.0654. The number of nitrogens with one attached hydrogen (secondary N) is 2. The van der Waals surface area contributed by atoms with Crippen LogP contribution in [0.4, 0.5) is 4.79 Å². The third-order valence-corrected chi connectivity index (χ3v) is 8.93. The summed E-state index contributed by atoms with van der Waals surface area (Å²) in [6, 6.07) is 8.60. The molecule has 6 atom stereocenters. The normalized spacial score (nSPS) is 36.0. The SMILES string of the molecule is CC1CC(NC(=O)N2CCC34NN=C(C5=CC=NC(C)C5)C3C4C2)CN(Cc2ccccc2Cl)C1. The number of carbonyl (C=O) groups is 1. The number of urea groups is 1. The Kier molecular flexibility index (Phi) is 5.88. The molecule has 6 rings (SSSR count). The molecule has 0 bridgehead atoms. The first-order valence-electron chi connectivity index (χ1n) is 13.0. The zero-order chi connectivity index (χ0) is 24.2. The van der Waals surface area contributed by atoms with Crippen molar-refractivity contribution in [3.8, 4) is 0 Å². The number of aliphatic imine (C=N–C) groups is 1. The number of amides is 2. The van der Waals surface area contributed by atoms with Gasteiger partial charge in [0.15, 0.2) is 0 Å². The molecule has 8 heteroatoms. The Labute approximate surface area is 212 Å². The highest BCUT2D eigenvalue weighted by molar-refractivity contribution is 6.31. The lowest BCUT2D eigenvalue weighted by Gasteiger charge is -2.38. The molecule has 4 aliphatic heterocycles. The van der Waals surface area contributed by atoms with Crippen molar-refractivity contribution in [3.05, 3.63) is 46.5 Å². The largest absolute Gasteiger partial charge is 0.334 e. The van der Waals surface area contributed by atoms with Gasteiger partial charge < -0.3 is 15.6 Å². The molecule has 186 valence electrons. The van der Waals surface area contributed by atoms with Gasteiger partial charge in [-0.3, -0.25) is 9.89 Å². The highest BCUT2D eigenvalue weighted by atomic mass is 35.5. The van der Waals surface area contributed by atoms with Crippen molar-refractivity contribution in [2.45, 2.75) is 57.3 Å². The molecule has 0 aromatic heterocycles. The second kappa shape index (κ2) is 8.93. The lowest BCUT2D eigenvalue weighted by Crippen LogP contribution is -2.55. The van der Waals surface area contributed by atoms with E-state index in [2.05, 4.69) is 46.6 Å². The molecule has 1 aromatic carbocycles. The Bertz CT molecular complexity index is 1100. The van der Waals surface area contributed by atoms with E-state index in [0.29, 0.717) is 23.8 Å². The van der Waals surface area contributed by atoms with Gasteiger partial charge in [0.2, 0.25) is 0 Å². The average Bonchev–Trinajstić information content (AvgIpc) is 3.32. The lowest BCUT2D eigenvalue weighted by molar-refractivity contribution is 0.130. The predicted molar refractivity (Wildman–Crippen MR) is 140 cm³/mol. The van der Waals surface area contributed by atoms with Crippen LogP contribution in [-0.2, 0) is 6.54 Å². The van der Waals surface area contributed by atoms with Gasteiger partial charge in [-0.1, -0.05) is 36.7 Å². The van der Waals surface area contributed by atoms with Crippen molar-refractivity contribution in [1.82, 2.24) is 20.5 Å².